The lowest BCUT2D eigenvalue weighted by molar-refractivity contribution is -0.116. The summed E-state index contributed by atoms with van der Waals surface area (Å²) < 4.78 is 10.5. The Labute approximate surface area is 140 Å². The maximum Gasteiger partial charge on any atom is 0.244 e. The van der Waals surface area contributed by atoms with Crippen molar-refractivity contribution < 1.29 is 14.3 Å². The fourth-order valence-electron chi connectivity index (χ4n) is 2.13. The van der Waals surface area contributed by atoms with Gasteiger partial charge in [-0.15, -0.1) is 11.3 Å². The Morgan fingerprint density at radius 3 is 2.65 bits per heavy atom. The van der Waals surface area contributed by atoms with Gasteiger partial charge in [-0.05, 0) is 54.1 Å². The molecule has 23 heavy (non-hydrogen) atoms. The van der Waals surface area contributed by atoms with Gasteiger partial charge in [-0.3, -0.25) is 4.79 Å². The first kappa shape index (κ1) is 17.1. The molecule has 2 rings (SSSR count). The highest BCUT2D eigenvalue weighted by Gasteiger charge is 2.05. The van der Waals surface area contributed by atoms with Crippen LogP contribution in [0, 0.1) is 6.92 Å². The Morgan fingerprint density at radius 2 is 2.00 bits per heavy atom. The number of ether oxygens (including phenoxy) is 2. The molecule has 0 spiro atoms. The van der Waals surface area contributed by atoms with E-state index in [1.54, 1.807) is 31.6 Å². The number of amides is 1. The minimum absolute atomic E-state index is 0.0849. The first-order valence-electron chi connectivity index (χ1n) is 7.35. The van der Waals surface area contributed by atoms with Gasteiger partial charge in [0.25, 0.3) is 0 Å². The topological polar surface area (TPSA) is 47.6 Å². The number of nitrogens with one attached hydrogen (secondary N) is 1. The number of hydrogen-bond acceptors (Lipinski definition) is 4. The van der Waals surface area contributed by atoms with E-state index in [1.807, 2.05) is 42.6 Å². The fraction of sp³-hybridized carbons (Fsp3) is 0.278. The molecular weight excluding hydrogens is 310 g/mol. The summed E-state index contributed by atoms with van der Waals surface area (Å²) in [6.07, 6.45) is 4.16. The summed E-state index contributed by atoms with van der Waals surface area (Å²) >= 11 is 1.63. The van der Waals surface area contributed by atoms with Crippen molar-refractivity contribution in [3.63, 3.8) is 0 Å². The first-order valence-corrected chi connectivity index (χ1v) is 8.23. The lowest BCUT2D eigenvalue weighted by Gasteiger charge is -2.09. The number of methoxy groups -OCH3 is 2. The number of rotatable bonds is 7. The summed E-state index contributed by atoms with van der Waals surface area (Å²) in [4.78, 5) is 12.9. The van der Waals surface area contributed by atoms with Crippen LogP contribution in [0.25, 0.3) is 6.08 Å². The summed E-state index contributed by atoms with van der Waals surface area (Å²) in [5.74, 6) is 1.32. The molecule has 1 N–H and O–H groups in total. The van der Waals surface area contributed by atoms with Gasteiger partial charge in [0.2, 0.25) is 5.91 Å². The Kier molecular flexibility index (Phi) is 6.23. The highest BCUT2D eigenvalue weighted by atomic mass is 32.1. The van der Waals surface area contributed by atoms with Crippen molar-refractivity contribution in [2.24, 2.45) is 0 Å². The number of thiophene rings is 1. The standard InChI is InChI=1S/C18H21NO3S/c1-13-9-11-23-17(13)6-7-18(20)19-10-8-14-4-5-15(21-2)16(12-14)22-3/h4-7,9,11-12H,8,10H2,1-3H3,(H,19,20)/b7-6+. The van der Waals surface area contributed by atoms with Crippen LogP contribution in [0.4, 0.5) is 0 Å². The van der Waals surface area contributed by atoms with Crippen molar-refractivity contribution in [1.82, 2.24) is 5.32 Å². The molecule has 0 aliphatic carbocycles. The van der Waals surface area contributed by atoms with Crippen molar-refractivity contribution in [2.45, 2.75) is 13.3 Å². The molecule has 0 atom stereocenters. The fourth-order valence-corrected chi connectivity index (χ4v) is 2.95. The van der Waals surface area contributed by atoms with Crippen LogP contribution < -0.4 is 14.8 Å². The van der Waals surface area contributed by atoms with Crippen LogP contribution in [0.15, 0.2) is 35.7 Å². The summed E-state index contributed by atoms with van der Waals surface area (Å²) in [5.41, 5.74) is 2.27. The van der Waals surface area contributed by atoms with Gasteiger partial charge in [-0.1, -0.05) is 6.07 Å². The van der Waals surface area contributed by atoms with Gasteiger partial charge in [-0.2, -0.15) is 0 Å². The van der Waals surface area contributed by atoms with Gasteiger partial charge >= 0.3 is 0 Å². The number of benzene rings is 1. The van der Waals surface area contributed by atoms with E-state index in [1.165, 1.54) is 5.56 Å². The average molecular weight is 331 g/mol. The summed E-state index contributed by atoms with van der Waals surface area (Å²) in [6, 6.07) is 7.81. The molecule has 0 aliphatic heterocycles. The van der Waals surface area contributed by atoms with E-state index in [4.69, 9.17) is 9.47 Å². The van der Waals surface area contributed by atoms with E-state index >= 15 is 0 Å². The van der Waals surface area contributed by atoms with Crippen LogP contribution in [0.3, 0.4) is 0 Å². The van der Waals surface area contributed by atoms with Gasteiger partial charge in [0.15, 0.2) is 11.5 Å². The van der Waals surface area contributed by atoms with Crippen LogP contribution in [0.2, 0.25) is 0 Å². The van der Waals surface area contributed by atoms with Crippen molar-refractivity contribution in [2.75, 3.05) is 20.8 Å². The highest BCUT2D eigenvalue weighted by Crippen LogP contribution is 2.27. The summed E-state index contributed by atoms with van der Waals surface area (Å²) in [6.45, 7) is 2.60. The zero-order chi connectivity index (χ0) is 16.7. The molecule has 4 nitrogen and oxygen atoms in total. The van der Waals surface area contributed by atoms with Gasteiger partial charge in [-0.25, -0.2) is 0 Å². The molecule has 0 radical (unpaired) electrons. The van der Waals surface area contributed by atoms with Crippen LogP contribution in [-0.4, -0.2) is 26.7 Å². The number of carbonyl (C=O) groups is 1. The SMILES string of the molecule is COc1ccc(CCNC(=O)/C=C/c2sccc2C)cc1OC. The number of carbonyl (C=O) groups excluding carboxylic acids is 1. The maximum atomic E-state index is 11.8. The molecule has 0 unspecified atom stereocenters. The highest BCUT2D eigenvalue weighted by molar-refractivity contribution is 7.11. The van der Waals surface area contributed by atoms with Gasteiger partial charge in [0.1, 0.15) is 0 Å². The van der Waals surface area contributed by atoms with E-state index in [2.05, 4.69) is 5.32 Å². The molecule has 1 heterocycles. The third kappa shape index (κ3) is 4.86. The predicted octanol–water partition coefficient (Wildman–Crippen LogP) is 3.45. The molecule has 0 fully saturated rings. The number of aryl methyl sites for hydroxylation is 1. The molecule has 2 aromatic rings. The molecule has 1 amide bonds. The summed E-state index contributed by atoms with van der Waals surface area (Å²) in [7, 11) is 3.22. The van der Waals surface area contributed by atoms with Crippen molar-refractivity contribution in [3.05, 3.63) is 51.7 Å². The van der Waals surface area contributed by atoms with E-state index in [0.717, 1.165) is 16.9 Å². The maximum absolute atomic E-state index is 11.8. The Hall–Kier alpha value is -2.27. The van der Waals surface area contributed by atoms with E-state index in [-0.39, 0.29) is 5.91 Å². The third-order valence-electron chi connectivity index (χ3n) is 3.45. The molecule has 0 saturated heterocycles. The zero-order valence-electron chi connectivity index (χ0n) is 13.6. The molecule has 122 valence electrons. The van der Waals surface area contributed by atoms with Crippen LogP contribution in [0.5, 0.6) is 11.5 Å². The molecule has 5 heteroatoms. The smallest absolute Gasteiger partial charge is 0.244 e. The van der Waals surface area contributed by atoms with Gasteiger partial charge in [0.05, 0.1) is 14.2 Å². The van der Waals surface area contributed by atoms with Crippen LogP contribution in [0.1, 0.15) is 16.0 Å². The van der Waals surface area contributed by atoms with E-state index in [9.17, 15) is 4.79 Å². The average Bonchev–Trinajstić information content (AvgIpc) is 2.97. The van der Waals surface area contributed by atoms with Crippen LogP contribution in [-0.2, 0) is 11.2 Å². The van der Waals surface area contributed by atoms with Gasteiger partial charge in [0, 0.05) is 17.5 Å². The molecular formula is C18H21NO3S. The third-order valence-corrected chi connectivity index (χ3v) is 4.43. The molecule has 0 bridgehead atoms. The Morgan fingerprint density at radius 1 is 1.22 bits per heavy atom. The van der Waals surface area contributed by atoms with Crippen molar-refractivity contribution >= 4 is 23.3 Å². The first-order chi connectivity index (χ1) is 11.1. The largest absolute Gasteiger partial charge is 0.493 e. The van der Waals surface area contributed by atoms with Crippen molar-refractivity contribution in [3.8, 4) is 11.5 Å². The normalized spacial score (nSPS) is 10.7. The lowest BCUT2D eigenvalue weighted by atomic mass is 10.1. The molecule has 1 aromatic carbocycles. The molecule has 1 aromatic heterocycles. The minimum Gasteiger partial charge on any atom is -0.493 e. The quantitative estimate of drug-likeness (QED) is 0.791. The van der Waals surface area contributed by atoms with Crippen molar-refractivity contribution in [1.29, 1.82) is 0 Å². The van der Waals surface area contributed by atoms with Crippen LogP contribution >= 0.6 is 11.3 Å². The molecule has 0 aliphatic rings. The number of hydrogen-bond donors (Lipinski definition) is 1. The minimum atomic E-state index is -0.0849. The van der Waals surface area contributed by atoms with Gasteiger partial charge < -0.3 is 14.8 Å². The second kappa shape index (κ2) is 8.39. The van der Waals surface area contributed by atoms with E-state index < -0.39 is 0 Å². The second-order valence-electron chi connectivity index (χ2n) is 5.03. The Bertz CT molecular complexity index is 691. The van der Waals surface area contributed by atoms with E-state index in [0.29, 0.717) is 18.0 Å². The second-order valence-corrected chi connectivity index (χ2v) is 5.98. The lowest BCUT2D eigenvalue weighted by Crippen LogP contribution is -2.23. The molecule has 0 saturated carbocycles. The summed E-state index contributed by atoms with van der Waals surface area (Å²) in [5, 5.41) is 4.90. The Balaban J connectivity index is 1.84. The predicted molar refractivity (Wildman–Crippen MR) is 94.3 cm³/mol. The monoisotopic (exact) mass is 331 g/mol. The zero-order valence-corrected chi connectivity index (χ0v) is 14.4.